The van der Waals surface area contributed by atoms with Crippen LogP contribution in [0.25, 0.3) is 84.9 Å². The second kappa shape index (κ2) is 7.64. The third-order valence-electron chi connectivity index (χ3n) is 8.06. The molecule has 0 spiro atoms. The van der Waals surface area contributed by atoms with Gasteiger partial charge in [-0.15, -0.1) is 22.7 Å². The van der Waals surface area contributed by atoms with Gasteiger partial charge >= 0.3 is 0 Å². The van der Waals surface area contributed by atoms with Crippen LogP contribution in [0.1, 0.15) is 0 Å². The Balaban J connectivity index is 1.57. The van der Waals surface area contributed by atoms with Crippen molar-refractivity contribution in [1.82, 2.24) is 0 Å². The average Bonchev–Trinajstić information content (AvgIpc) is 3.54. The number of benzene rings is 6. The zero-order valence-corrected chi connectivity index (χ0v) is 22.0. The van der Waals surface area contributed by atoms with Crippen LogP contribution in [0.4, 0.5) is 0 Å². The molecule has 0 atom stereocenters. The molecule has 2 heteroatoms. The lowest BCUT2D eigenvalue weighted by Crippen LogP contribution is -1.98. The standard InChI is InChI=1S/C36H20S2/c1-3-11-23-21(9-1)22-10-2-4-12-24(22)34-26(18-20-32-36(34)28-14-6-8-16-30(28)38-32)25-17-19-31-35(33(23)25)27-13-5-7-15-29(27)37-31/h1-20H. The van der Waals surface area contributed by atoms with E-state index in [4.69, 9.17) is 0 Å². The lowest BCUT2D eigenvalue weighted by molar-refractivity contribution is 1.56. The number of hydrogen-bond donors (Lipinski definition) is 0. The lowest BCUT2D eigenvalue weighted by Gasteiger charge is -2.24. The fourth-order valence-electron chi connectivity index (χ4n) is 6.51. The van der Waals surface area contributed by atoms with Crippen molar-refractivity contribution in [3.05, 3.63) is 121 Å². The van der Waals surface area contributed by atoms with Gasteiger partial charge in [-0.1, -0.05) is 97.1 Å². The minimum Gasteiger partial charge on any atom is -0.135 e. The van der Waals surface area contributed by atoms with Gasteiger partial charge in [0.05, 0.1) is 0 Å². The van der Waals surface area contributed by atoms with E-state index in [9.17, 15) is 0 Å². The number of hydrogen-bond acceptors (Lipinski definition) is 2. The van der Waals surface area contributed by atoms with Crippen molar-refractivity contribution in [3.8, 4) is 44.5 Å². The maximum Gasteiger partial charge on any atom is 0.0362 e. The summed E-state index contributed by atoms with van der Waals surface area (Å²) in [6.45, 7) is 0. The van der Waals surface area contributed by atoms with Gasteiger partial charge in [-0.05, 0) is 68.8 Å². The molecule has 0 fully saturated rings. The van der Waals surface area contributed by atoms with Gasteiger partial charge in [0, 0.05) is 40.3 Å². The predicted octanol–water partition coefficient (Wildman–Crippen LogP) is 11.4. The first kappa shape index (κ1) is 20.8. The topological polar surface area (TPSA) is 0 Å². The van der Waals surface area contributed by atoms with Crippen molar-refractivity contribution in [3.63, 3.8) is 0 Å². The van der Waals surface area contributed by atoms with Crippen LogP contribution in [-0.4, -0.2) is 0 Å². The molecule has 1 aliphatic carbocycles. The smallest absolute Gasteiger partial charge is 0.0362 e. The summed E-state index contributed by atoms with van der Waals surface area (Å²) in [6.07, 6.45) is 0. The molecular formula is C36H20S2. The number of thiophene rings is 2. The molecule has 176 valence electrons. The van der Waals surface area contributed by atoms with Crippen LogP contribution < -0.4 is 0 Å². The van der Waals surface area contributed by atoms with Crippen LogP contribution in [0.3, 0.4) is 0 Å². The summed E-state index contributed by atoms with van der Waals surface area (Å²) in [5.74, 6) is 0. The molecule has 9 rings (SSSR count). The largest absolute Gasteiger partial charge is 0.135 e. The van der Waals surface area contributed by atoms with Gasteiger partial charge in [0.2, 0.25) is 0 Å². The first-order valence-electron chi connectivity index (χ1n) is 12.9. The summed E-state index contributed by atoms with van der Waals surface area (Å²) < 4.78 is 5.38. The molecule has 0 N–H and O–H groups in total. The Morgan fingerprint density at radius 2 is 0.684 bits per heavy atom. The van der Waals surface area contributed by atoms with Gasteiger partial charge in [-0.3, -0.25) is 0 Å². The van der Waals surface area contributed by atoms with E-state index in [0.717, 1.165) is 0 Å². The van der Waals surface area contributed by atoms with Gasteiger partial charge in [0.25, 0.3) is 0 Å². The second-order valence-electron chi connectivity index (χ2n) is 10.0. The van der Waals surface area contributed by atoms with Crippen LogP contribution >= 0.6 is 22.7 Å². The quantitative estimate of drug-likeness (QED) is 0.188. The van der Waals surface area contributed by atoms with E-state index in [1.54, 1.807) is 0 Å². The molecule has 0 amide bonds. The SMILES string of the molecule is c1ccc2c(c1)-c1ccccc1-c1c(ccc3sc4ccccc4c13)-c1ccc3sc4ccccc4c3c1-2. The van der Waals surface area contributed by atoms with E-state index in [1.807, 2.05) is 22.7 Å². The predicted molar refractivity (Wildman–Crippen MR) is 168 cm³/mol. The molecule has 0 aliphatic heterocycles. The van der Waals surface area contributed by atoms with Crippen molar-refractivity contribution in [2.45, 2.75) is 0 Å². The van der Waals surface area contributed by atoms with E-state index < -0.39 is 0 Å². The molecule has 0 saturated carbocycles. The van der Waals surface area contributed by atoms with Crippen molar-refractivity contribution in [2.75, 3.05) is 0 Å². The minimum atomic E-state index is 1.30. The summed E-state index contributed by atoms with van der Waals surface area (Å²) in [5.41, 5.74) is 10.6. The maximum atomic E-state index is 2.37. The fraction of sp³-hybridized carbons (Fsp3) is 0. The van der Waals surface area contributed by atoms with Crippen LogP contribution in [0, 0.1) is 0 Å². The third kappa shape index (κ3) is 2.69. The van der Waals surface area contributed by atoms with Gasteiger partial charge in [-0.2, -0.15) is 0 Å². The maximum absolute atomic E-state index is 2.37. The Labute approximate surface area is 228 Å². The monoisotopic (exact) mass is 516 g/mol. The molecule has 0 saturated heterocycles. The summed E-state index contributed by atoms with van der Waals surface area (Å²) in [4.78, 5) is 0. The molecule has 0 unspecified atom stereocenters. The molecule has 0 radical (unpaired) electrons. The van der Waals surface area contributed by atoms with Crippen LogP contribution in [0.2, 0.25) is 0 Å². The van der Waals surface area contributed by atoms with Gasteiger partial charge in [0.1, 0.15) is 0 Å². The summed E-state index contributed by atoms with van der Waals surface area (Å²) in [6, 6.07) is 45.2. The fourth-order valence-corrected chi connectivity index (χ4v) is 8.74. The molecule has 38 heavy (non-hydrogen) atoms. The Hall–Kier alpha value is -4.24. The van der Waals surface area contributed by atoms with E-state index in [-0.39, 0.29) is 0 Å². The first-order valence-corrected chi connectivity index (χ1v) is 14.6. The summed E-state index contributed by atoms with van der Waals surface area (Å²) >= 11 is 3.79. The molecule has 0 nitrogen and oxygen atoms in total. The van der Waals surface area contributed by atoms with E-state index in [2.05, 4.69) is 121 Å². The Morgan fingerprint density at radius 1 is 0.289 bits per heavy atom. The van der Waals surface area contributed by atoms with Crippen molar-refractivity contribution in [1.29, 1.82) is 0 Å². The Bertz CT molecular complexity index is 2080. The Kier molecular flexibility index (Phi) is 4.18. The number of rotatable bonds is 0. The molecule has 8 aromatic rings. The van der Waals surface area contributed by atoms with E-state index in [0.29, 0.717) is 0 Å². The van der Waals surface area contributed by atoms with Gasteiger partial charge in [-0.25, -0.2) is 0 Å². The average molecular weight is 517 g/mol. The van der Waals surface area contributed by atoms with Gasteiger partial charge < -0.3 is 0 Å². The van der Waals surface area contributed by atoms with E-state index >= 15 is 0 Å². The number of fused-ring (bicyclic) bond motifs is 16. The summed E-state index contributed by atoms with van der Waals surface area (Å²) in [5, 5.41) is 5.43. The second-order valence-corrected chi connectivity index (χ2v) is 12.2. The van der Waals surface area contributed by atoms with Crippen LogP contribution in [0.5, 0.6) is 0 Å². The van der Waals surface area contributed by atoms with Gasteiger partial charge in [0.15, 0.2) is 0 Å². The molecule has 2 heterocycles. The van der Waals surface area contributed by atoms with Crippen molar-refractivity contribution < 1.29 is 0 Å². The first-order chi connectivity index (χ1) is 18.9. The minimum absolute atomic E-state index is 1.30. The lowest BCUT2D eigenvalue weighted by atomic mass is 9.78. The highest BCUT2D eigenvalue weighted by molar-refractivity contribution is 7.26. The zero-order valence-electron chi connectivity index (χ0n) is 20.4. The van der Waals surface area contributed by atoms with E-state index in [1.165, 1.54) is 84.9 Å². The molecule has 6 aromatic carbocycles. The van der Waals surface area contributed by atoms with Crippen molar-refractivity contribution >= 4 is 63.0 Å². The normalized spacial score (nSPS) is 12.2. The highest BCUT2D eigenvalue weighted by Gasteiger charge is 2.26. The molecule has 0 bridgehead atoms. The highest BCUT2D eigenvalue weighted by Crippen LogP contribution is 2.54. The molecule has 1 aliphatic rings. The third-order valence-corrected chi connectivity index (χ3v) is 10.3. The van der Waals surface area contributed by atoms with Crippen molar-refractivity contribution in [2.24, 2.45) is 0 Å². The zero-order chi connectivity index (χ0) is 24.8. The molecule has 2 aromatic heterocycles. The van der Waals surface area contributed by atoms with Crippen LogP contribution in [-0.2, 0) is 0 Å². The highest BCUT2D eigenvalue weighted by atomic mass is 32.1. The summed E-state index contributed by atoms with van der Waals surface area (Å²) in [7, 11) is 0. The Morgan fingerprint density at radius 3 is 1.16 bits per heavy atom. The van der Waals surface area contributed by atoms with Crippen LogP contribution in [0.15, 0.2) is 121 Å². The molecular weight excluding hydrogens is 497 g/mol.